The van der Waals surface area contributed by atoms with E-state index in [2.05, 4.69) is 15.0 Å². The topological polar surface area (TPSA) is 48.3 Å². The van der Waals surface area contributed by atoms with E-state index in [0.29, 0.717) is 12.6 Å². The van der Waals surface area contributed by atoms with E-state index in [9.17, 15) is 8.78 Å². The Morgan fingerprint density at radius 1 is 1.29 bits per heavy atom. The first-order valence-corrected chi connectivity index (χ1v) is 6.52. The molecule has 7 heteroatoms. The van der Waals surface area contributed by atoms with Crippen molar-refractivity contribution in [3.63, 3.8) is 0 Å². The largest absolute Gasteiger partial charge is 0.435 e. The number of ether oxygens (including phenoxy) is 2. The van der Waals surface area contributed by atoms with Crippen molar-refractivity contribution in [1.82, 2.24) is 9.55 Å². The predicted octanol–water partition coefficient (Wildman–Crippen LogP) is 2.92. The van der Waals surface area contributed by atoms with Gasteiger partial charge in [-0.1, -0.05) is 0 Å². The summed E-state index contributed by atoms with van der Waals surface area (Å²) in [6.45, 7) is -1.41. The van der Waals surface area contributed by atoms with E-state index >= 15 is 0 Å². The molecule has 0 aliphatic carbocycles. The van der Waals surface area contributed by atoms with Crippen LogP contribution in [-0.4, -0.2) is 36.4 Å². The molecule has 0 saturated carbocycles. The first-order chi connectivity index (χ1) is 10.2. The Labute approximate surface area is 121 Å². The van der Waals surface area contributed by atoms with Crippen LogP contribution < -0.4 is 10.1 Å². The van der Waals surface area contributed by atoms with Crippen molar-refractivity contribution in [2.24, 2.45) is 0 Å². The van der Waals surface area contributed by atoms with Gasteiger partial charge in [0.05, 0.1) is 0 Å². The summed E-state index contributed by atoms with van der Waals surface area (Å²) >= 11 is 0. The molecule has 0 amide bonds. The van der Waals surface area contributed by atoms with Gasteiger partial charge in [-0.05, 0) is 30.7 Å². The van der Waals surface area contributed by atoms with Gasteiger partial charge in [0.1, 0.15) is 5.75 Å². The lowest BCUT2D eigenvalue weighted by atomic mass is 10.3. The predicted molar refractivity (Wildman–Crippen MR) is 75.2 cm³/mol. The molecule has 2 rings (SSSR count). The van der Waals surface area contributed by atoms with Crippen LogP contribution in [0, 0.1) is 0 Å². The lowest BCUT2D eigenvalue weighted by Crippen LogP contribution is -2.09. The Balaban J connectivity index is 2.02. The van der Waals surface area contributed by atoms with Gasteiger partial charge in [-0.2, -0.15) is 8.78 Å². The molecule has 1 aromatic heterocycles. The van der Waals surface area contributed by atoms with Crippen LogP contribution in [0.2, 0.25) is 0 Å². The normalized spacial score (nSPS) is 10.9. The standard InChI is InChI=1S/C14H17F2N3O2/c1-20-10-2-7-17-14-18-8-9-19(14)11-3-5-12(6-4-11)21-13(15)16/h3-6,8-9,13H,2,7,10H2,1H3,(H,17,18). The number of hydrogen-bond donors (Lipinski definition) is 1. The molecule has 1 N–H and O–H groups in total. The maximum Gasteiger partial charge on any atom is 0.387 e. The second kappa shape index (κ2) is 7.58. The van der Waals surface area contributed by atoms with E-state index < -0.39 is 6.61 Å². The molecule has 0 bridgehead atoms. The van der Waals surface area contributed by atoms with Crippen LogP contribution in [0.15, 0.2) is 36.7 Å². The summed E-state index contributed by atoms with van der Waals surface area (Å²) < 4.78 is 35.3. The van der Waals surface area contributed by atoms with Gasteiger partial charge in [0.2, 0.25) is 5.95 Å². The molecule has 1 heterocycles. The zero-order chi connectivity index (χ0) is 15.1. The maximum absolute atomic E-state index is 12.1. The molecule has 0 aliphatic heterocycles. The lowest BCUT2D eigenvalue weighted by molar-refractivity contribution is -0.0498. The number of nitrogens with zero attached hydrogens (tertiary/aromatic N) is 2. The summed E-state index contributed by atoms with van der Waals surface area (Å²) in [6, 6.07) is 6.38. The molecule has 5 nitrogen and oxygen atoms in total. The number of benzene rings is 1. The van der Waals surface area contributed by atoms with Gasteiger partial charge in [-0.3, -0.25) is 4.57 Å². The van der Waals surface area contributed by atoms with Crippen molar-refractivity contribution >= 4 is 5.95 Å². The SMILES string of the molecule is COCCCNc1nccn1-c1ccc(OC(F)F)cc1. The number of alkyl halides is 2. The second-order valence-electron chi connectivity index (χ2n) is 4.27. The molecule has 114 valence electrons. The fraction of sp³-hybridized carbons (Fsp3) is 0.357. The van der Waals surface area contributed by atoms with Crippen molar-refractivity contribution in [2.75, 3.05) is 25.6 Å². The zero-order valence-corrected chi connectivity index (χ0v) is 11.6. The maximum atomic E-state index is 12.1. The molecule has 0 spiro atoms. The quantitative estimate of drug-likeness (QED) is 0.761. The summed E-state index contributed by atoms with van der Waals surface area (Å²) in [4.78, 5) is 4.22. The fourth-order valence-electron chi connectivity index (χ4n) is 1.85. The molecule has 0 fully saturated rings. The van der Waals surface area contributed by atoms with Crippen molar-refractivity contribution in [3.05, 3.63) is 36.7 Å². The monoisotopic (exact) mass is 297 g/mol. The third-order valence-electron chi connectivity index (χ3n) is 2.79. The van der Waals surface area contributed by atoms with Gasteiger partial charge in [0, 0.05) is 38.3 Å². The number of halogens is 2. The number of imidazole rings is 1. The number of aromatic nitrogens is 2. The van der Waals surface area contributed by atoms with Crippen molar-refractivity contribution in [1.29, 1.82) is 0 Å². The minimum atomic E-state index is -2.82. The molecule has 0 unspecified atom stereocenters. The third-order valence-corrected chi connectivity index (χ3v) is 2.79. The third kappa shape index (κ3) is 4.42. The molecule has 0 atom stereocenters. The number of anilines is 1. The number of methoxy groups -OCH3 is 1. The molecule has 0 saturated heterocycles. The Hall–Kier alpha value is -2.15. The van der Waals surface area contributed by atoms with Crippen LogP contribution >= 0.6 is 0 Å². The van der Waals surface area contributed by atoms with Gasteiger partial charge >= 0.3 is 6.61 Å². The van der Waals surface area contributed by atoms with Crippen LogP contribution in [0.5, 0.6) is 5.75 Å². The number of hydrogen-bond acceptors (Lipinski definition) is 4. The van der Waals surface area contributed by atoms with Crippen molar-refractivity contribution in [3.8, 4) is 11.4 Å². The fourth-order valence-corrected chi connectivity index (χ4v) is 1.85. The van der Waals surface area contributed by atoms with Gasteiger partial charge in [0.15, 0.2) is 0 Å². The molecule has 21 heavy (non-hydrogen) atoms. The average molecular weight is 297 g/mol. The highest BCUT2D eigenvalue weighted by atomic mass is 19.3. The highest BCUT2D eigenvalue weighted by molar-refractivity contribution is 5.44. The van der Waals surface area contributed by atoms with Crippen LogP contribution in [0.3, 0.4) is 0 Å². The van der Waals surface area contributed by atoms with E-state index in [1.54, 1.807) is 31.6 Å². The summed E-state index contributed by atoms with van der Waals surface area (Å²) in [7, 11) is 1.66. The Morgan fingerprint density at radius 2 is 2.05 bits per heavy atom. The summed E-state index contributed by atoms with van der Waals surface area (Å²) in [6.07, 6.45) is 4.33. The first kappa shape index (κ1) is 15.2. The minimum absolute atomic E-state index is 0.128. The number of rotatable bonds is 8. The van der Waals surface area contributed by atoms with Gasteiger partial charge in [0.25, 0.3) is 0 Å². The lowest BCUT2D eigenvalue weighted by Gasteiger charge is -2.10. The highest BCUT2D eigenvalue weighted by Crippen LogP contribution is 2.19. The molecular weight excluding hydrogens is 280 g/mol. The minimum Gasteiger partial charge on any atom is -0.435 e. The van der Waals surface area contributed by atoms with E-state index in [1.807, 2.05) is 4.57 Å². The van der Waals surface area contributed by atoms with E-state index in [-0.39, 0.29) is 5.75 Å². The molecule has 1 aromatic carbocycles. The van der Waals surface area contributed by atoms with Gasteiger partial charge in [-0.15, -0.1) is 0 Å². The average Bonchev–Trinajstić information content (AvgIpc) is 2.92. The molecular formula is C14H17F2N3O2. The Kier molecular flexibility index (Phi) is 5.51. The molecule has 2 aromatic rings. The summed E-state index contributed by atoms with van der Waals surface area (Å²) in [5.74, 6) is 0.817. The Bertz CT molecular complexity index is 543. The zero-order valence-electron chi connectivity index (χ0n) is 11.6. The van der Waals surface area contributed by atoms with E-state index in [1.165, 1.54) is 12.1 Å². The molecule has 0 aliphatic rings. The van der Waals surface area contributed by atoms with Crippen LogP contribution in [-0.2, 0) is 4.74 Å². The second-order valence-corrected chi connectivity index (χ2v) is 4.27. The smallest absolute Gasteiger partial charge is 0.387 e. The molecule has 0 radical (unpaired) electrons. The summed E-state index contributed by atoms with van der Waals surface area (Å²) in [5.41, 5.74) is 0.809. The number of nitrogens with one attached hydrogen (secondary N) is 1. The Morgan fingerprint density at radius 3 is 2.71 bits per heavy atom. The van der Waals surface area contributed by atoms with Crippen molar-refractivity contribution < 1.29 is 18.3 Å². The van der Waals surface area contributed by atoms with Crippen LogP contribution in [0.1, 0.15) is 6.42 Å². The van der Waals surface area contributed by atoms with Crippen LogP contribution in [0.25, 0.3) is 5.69 Å². The first-order valence-electron chi connectivity index (χ1n) is 6.52. The van der Waals surface area contributed by atoms with Gasteiger partial charge < -0.3 is 14.8 Å². The van der Waals surface area contributed by atoms with E-state index in [4.69, 9.17) is 4.74 Å². The van der Waals surface area contributed by atoms with Crippen LogP contribution in [0.4, 0.5) is 14.7 Å². The summed E-state index contributed by atoms with van der Waals surface area (Å²) in [5, 5.41) is 3.19. The van der Waals surface area contributed by atoms with E-state index in [0.717, 1.165) is 18.7 Å². The van der Waals surface area contributed by atoms with Crippen molar-refractivity contribution in [2.45, 2.75) is 13.0 Å². The highest BCUT2D eigenvalue weighted by Gasteiger charge is 2.07. The van der Waals surface area contributed by atoms with Gasteiger partial charge in [-0.25, -0.2) is 4.98 Å².